The summed E-state index contributed by atoms with van der Waals surface area (Å²) in [6.07, 6.45) is -6.84. The van der Waals surface area contributed by atoms with E-state index in [4.69, 9.17) is 38.2 Å². The average molecular weight is 948 g/mol. The zero-order valence-electron chi connectivity index (χ0n) is 42.6. The number of aliphatic hydroxyl groups excluding tert-OH is 1. The van der Waals surface area contributed by atoms with E-state index < -0.39 is 95.5 Å². The number of ether oxygens (including phenoxy) is 7. The first-order chi connectivity index (χ1) is 31.5. The third-order valence-electron chi connectivity index (χ3n) is 15.9. The topological polar surface area (TPSA) is 197 Å². The number of hydrogen-bond donors (Lipinski definition) is 5. The number of carbonyl (C=O) groups is 1. The van der Waals surface area contributed by atoms with Gasteiger partial charge in [0.1, 0.15) is 29.0 Å². The van der Waals surface area contributed by atoms with E-state index in [1.54, 1.807) is 34.8 Å². The van der Waals surface area contributed by atoms with Gasteiger partial charge in [0.15, 0.2) is 18.7 Å². The molecule has 5 fully saturated rings. The average Bonchev–Trinajstić information content (AvgIpc) is 3.60. The molecule has 0 spiro atoms. The van der Waals surface area contributed by atoms with Crippen molar-refractivity contribution < 1.29 is 58.4 Å². The number of amidine groups is 1. The van der Waals surface area contributed by atoms with Crippen molar-refractivity contribution in [1.82, 2.24) is 20.0 Å². The van der Waals surface area contributed by atoms with Crippen molar-refractivity contribution in [2.45, 2.75) is 192 Å². The minimum atomic E-state index is -1.82. The van der Waals surface area contributed by atoms with Crippen molar-refractivity contribution in [1.29, 1.82) is 0 Å². The quantitative estimate of drug-likeness (QED) is 0.213. The van der Waals surface area contributed by atoms with E-state index in [1.165, 1.54) is 6.92 Å². The number of para-hydroxylation sites is 1. The summed E-state index contributed by atoms with van der Waals surface area (Å²) in [4.78, 5) is 26.1. The van der Waals surface area contributed by atoms with Crippen LogP contribution in [0.5, 0.6) is 0 Å². The molecule has 0 saturated carbocycles. The number of likely N-dealkylation sites (N-methyl/N-ethyl adjacent to an activating group) is 2. The Labute approximate surface area is 399 Å². The Kier molecular flexibility index (Phi) is 17.6. The lowest BCUT2D eigenvalue weighted by Gasteiger charge is -2.55. The van der Waals surface area contributed by atoms with Gasteiger partial charge in [-0.15, -0.1) is 0 Å². The van der Waals surface area contributed by atoms with Crippen LogP contribution in [0.1, 0.15) is 102 Å². The molecule has 5 aliphatic heterocycles. The number of rotatable bonds is 10. The summed E-state index contributed by atoms with van der Waals surface area (Å²) in [6, 6.07) is 9.25. The van der Waals surface area contributed by atoms with Crippen molar-refractivity contribution in [3.63, 3.8) is 0 Å². The number of benzene rings is 1. The molecule has 0 radical (unpaired) electrons. The second kappa shape index (κ2) is 21.9. The van der Waals surface area contributed by atoms with Crippen LogP contribution in [-0.4, -0.2) is 197 Å². The van der Waals surface area contributed by atoms with Gasteiger partial charge < -0.3 is 68.7 Å². The number of methoxy groups -OCH3 is 1. The predicted molar refractivity (Wildman–Crippen MR) is 254 cm³/mol. The molecule has 5 heterocycles. The highest BCUT2D eigenvalue weighted by atomic mass is 16.7. The van der Waals surface area contributed by atoms with Gasteiger partial charge in [-0.05, 0) is 98.9 Å². The lowest BCUT2D eigenvalue weighted by Crippen LogP contribution is -2.71. The number of piperazine rings is 1. The molecule has 17 nitrogen and oxygen atoms in total. The Morgan fingerprint density at radius 1 is 0.896 bits per heavy atom. The monoisotopic (exact) mass is 948 g/mol. The molecule has 1 aromatic carbocycles. The minimum absolute atomic E-state index is 0.113. The smallest absolute Gasteiger partial charge is 0.311 e. The van der Waals surface area contributed by atoms with Gasteiger partial charge in [0, 0.05) is 65.3 Å². The number of carbonyl (C=O) groups excluding carboxylic acids is 1. The maximum Gasteiger partial charge on any atom is 0.311 e. The number of aliphatic imine (C=N–C) groups is 1. The molecule has 6 rings (SSSR count). The molecule has 5 saturated heterocycles. The first-order valence-corrected chi connectivity index (χ1v) is 24.9. The number of esters is 1. The zero-order chi connectivity index (χ0) is 49.2. The maximum atomic E-state index is 14.6. The third-order valence-corrected chi connectivity index (χ3v) is 15.9. The summed E-state index contributed by atoms with van der Waals surface area (Å²) in [7, 11) is 3.53. The molecule has 0 bridgehead atoms. The van der Waals surface area contributed by atoms with Gasteiger partial charge in [-0.3, -0.25) is 9.69 Å². The third kappa shape index (κ3) is 11.7. The molecule has 0 aliphatic carbocycles. The highest BCUT2D eigenvalue weighted by Gasteiger charge is 2.59. The normalized spacial score (nSPS) is 45.2. The Hall–Kier alpha value is -2.52. The molecule has 5 N–H and O–H groups in total. The molecule has 67 heavy (non-hydrogen) atoms. The highest BCUT2D eigenvalue weighted by molar-refractivity contribution is 5.79. The first-order valence-electron chi connectivity index (χ1n) is 24.9. The van der Waals surface area contributed by atoms with E-state index in [-0.39, 0.29) is 37.3 Å². The molecular weight excluding hydrogens is 863 g/mol. The van der Waals surface area contributed by atoms with E-state index in [0.29, 0.717) is 25.5 Å². The lowest BCUT2D eigenvalue weighted by atomic mass is 9.74. The van der Waals surface area contributed by atoms with Crippen LogP contribution in [0.2, 0.25) is 0 Å². The van der Waals surface area contributed by atoms with E-state index >= 15 is 0 Å². The number of cyclic esters (lactones) is 1. The second-order valence-electron chi connectivity index (χ2n) is 21.2. The van der Waals surface area contributed by atoms with E-state index in [1.807, 2.05) is 76.9 Å². The van der Waals surface area contributed by atoms with Crippen LogP contribution in [-0.2, 0) is 38.0 Å². The largest absolute Gasteiger partial charge is 0.459 e. The predicted octanol–water partition coefficient (Wildman–Crippen LogP) is 3.66. The van der Waals surface area contributed by atoms with Crippen LogP contribution < -0.4 is 5.32 Å². The summed E-state index contributed by atoms with van der Waals surface area (Å²) in [5.41, 5.74) is -5.22. The molecule has 0 amide bonds. The fourth-order valence-corrected chi connectivity index (χ4v) is 11.4. The van der Waals surface area contributed by atoms with Crippen molar-refractivity contribution in [2.24, 2.45) is 22.7 Å². The molecule has 1 aromatic rings. The number of aliphatic hydroxyl groups is 4. The van der Waals surface area contributed by atoms with Crippen molar-refractivity contribution in [3.8, 4) is 0 Å². The van der Waals surface area contributed by atoms with Gasteiger partial charge in [-0.25, -0.2) is 0 Å². The standard InChI is InChI=1S/C50H85N5O12/c1-14-38-49(11,59)42(56)34(7)51-28-30(3)26-47(9,58)43(67-45-41-37(25-31(4)62-45)53(12)46(66-41)52-36-19-17-16-18-20-36)32(5)40(33(6)44(57)64-38)65-39-27-48(10,61-13)50(60,35(8)63-39)29-55-23-21-54(15-2)22-24-55/h16-20,30-35,37-43,45,51,56,58-60H,14-15,21-29H2,1-13H3/b52-46-/t30-,31-,32+,33-,34-,35+,37+,38-,39+,40+,41-,42-,43-,45+,47-,48-,49-,50+/m1/s1. The van der Waals surface area contributed by atoms with E-state index in [0.717, 1.165) is 38.4 Å². The summed E-state index contributed by atoms with van der Waals surface area (Å²) < 4.78 is 46.4. The van der Waals surface area contributed by atoms with Gasteiger partial charge in [-0.1, -0.05) is 45.9 Å². The summed E-state index contributed by atoms with van der Waals surface area (Å²) >= 11 is 0. The molecule has 17 heteroatoms. The Morgan fingerprint density at radius 2 is 1.55 bits per heavy atom. The van der Waals surface area contributed by atoms with Crippen LogP contribution >= 0.6 is 0 Å². The molecule has 18 atom stereocenters. The van der Waals surface area contributed by atoms with Crippen LogP contribution in [0, 0.1) is 17.8 Å². The second-order valence-corrected chi connectivity index (χ2v) is 21.2. The number of nitrogens with one attached hydrogen (secondary N) is 1. The summed E-state index contributed by atoms with van der Waals surface area (Å²) in [5.74, 6) is -2.63. The van der Waals surface area contributed by atoms with Crippen LogP contribution in [0.3, 0.4) is 0 Å². The van der Waals surface area contributed by atoms with Crippen molar-refractivity contribution >= 4 is 17.7 Å². The van der Waals surface area contributed by atoms with Crippen LogP contribution in [0.15, 0.2) is 35.3 Å². The summed E-state index contributed by atoms with van der Waals surface area (Å²) in [6.45, 7) is 25.3. The van der Waals surface area contributed by atoms with Crippen LogP contribution in [0.4, 0.5) is 5.69 Å². The number of fused-ring (bicyclic) bond motifs is 1. The molecule has 0 unspecified atom stereocenters. The van der Waals surface area contributed by atoms with Crippen molar-refractivity contribution in [3.05, 3.63) is 30.3 Å². The Balaban J connectivity index is 1.37. The van der Waals surface area contributed by atoms with E-state index in [2.05, 4.69) is 22.0 Å². The number of hydrogen-bond acceptors (Lipinski definition) is 16. The van der Waals surface area contributed by atoms with Crippen LogP contribution in [0.25, 0.3) is 0 Å². The van der Waals surface area contributed by atoms with Gasteiger partial charge in [-0.2, -0.15) is 4.99 Å². The SMILES string of the molecule is CC[C@H]1OC(=O)[C@H](C)[C@@H](O[C@H]2C[C@@](C)(OC)[C@](O)(CN3CCN(CC)CC3)[C@H](C)O2)[C@H](C)[C@@H](O[C@@H]2O[C@H](C)C[C@H]3[C@H]2O/C(=N\c2ccccc2)N3C)[C@](C)(O)C[C@@H](C)CN[C@H](C)[C@@H](O)[C@]1(C)O. The van der Waals surface area contributed by atoms with Gasteiger partial charge in [0.05, 0.1) is 47.7 Å². The van der Waals surface area contributed by atoms with Gasteiger partial charge in [0.2, 0.25) is 0 Å². The highest BCUT2D eigenvalue weighted by Crippen LogP contribution is 2.44. The first kappa shape index (κ1) is 53.8. The number of nitrogens with zero attached hydrogens (tertiary/aromatic N) is 4. The maximum absolute atomic E-state index is 14.6. The molecule has 5 aliphatic rings. The molecule has 382 valence electrons. The van der Waals surface area contributed by atoms with Gasteiger partial charge in [0.25, 0.3) is 6.02 Å². The fourth-order valence-electron chi connectivity index (χ4n) is 11.4. The Morgan fingerprint density at radius 3 is 2.18 bits per heavy atom. The van der Waals surface area contributed by atoms with Crippen molar-refractivity contribution in [2.75, 3.05) is 60.0 Å². The van der Waals surface area contributed by atoms with E-state index in [9.17, 15) is 25.2 Å². The molecular formula is C50H85N5O12. The Bertz CT molecular complexity index is 1790. The lowest BCUT2D eigenvalue weighted by molar-refractivity contribution is -0.338. The fraction of sp³-hybridized carbons (Fsp3) is 0.840. The molecule has 0 aromatic heterocycles. The summed E-state index contributed by atoms with van der Waals surface area (Å²) in [5, 5.41) is 52.3. The van der Waals surface area contributed by atoms with Gasteiger partial charge >= 0.3 is 5.97 Å². The number of β-amino-alcohol motifs (C(OH)–C–C–N with tert-alkyl or cyclic N) is 1. The zero-order valence-corrected chi connectivity index (χ0v) is 42.6. The minimum Gasteiger partial charge on any atom is -0.459 e.